The minimum absolute atomic E-state index is 0.0316. The number of aryl methyl sites for hydroxylation is 1. The summed E-state index contributed by atoms with van der Waals surface area (Å²) >= 11 is 1.23. The van der Waals surface area contributed by atoms with Crippen LogP contribution in [0.3, 0.4) is 0 Å². The lowest BCUT2D eigenvalue weighted by Gasteiger charge is -2.10. The van der Waals surface area contributed by atoms with Crippen LogP contribution in [0.2, 0.25) is 0 Å². The highest BCUT2D eigenvalue weighted by Crippen LogP contribution is 2.39. The van der Waals surface area contributed by atoms with E-state index in [1.807, 2.05) is 49.4 Å². The summed E-state index contributed by atoms with van der Waals surface area (Å²) in [4.78, 5) is 16.5. The van der Waals surface area contributed by atoms with Gasteiger partial charge in [0.2, 0.25) is 5.13 Å². The third kappa shape index (κ3) is 5.76. The Bertz CT molecular complexity index is 1770. The second-order valence-electron chi connectivity index (χ2n) is 10.4. The molecule has 0 spiro atoms. The number of hydrogen-bond donors (Lipinski definition) is 2. The number of carboxylic acids is 1. The van der Waals surface area contributed by atoms with Crippen LogP contribution in [0.1, 0.15) is 45.7 Å². The number of rotatable bonds is 9. The fraction of sp³-hybridized carbons (Fsp3) is 0.194. The highest BCUT2D eigenvalue weighted by Gasteiger charge is 2.29. The Hall–Kier alpha value is -3.99. The van der Waals surface area contributed by atoms with Gasteiger partial charge in [0.15, 0.2) is 21.6 Å². The van der Waals surface area contributed by atoms with Gasteiger partial charge in [-0.3, -0.25) is 0 Å². The molecular weight excluding hydrogens is 559 g/mol. The minimum Gasteiger partial charge on any atom is -0.476 e. The molecule has 1 atom stereocenters. The van der Waals surface area contributed by atoms with E-state index in [1.54, 1.807) is 22.9 Å². The lowest BCUT2D eigenvalue weighted by atomic mass is 9.95. The van der Waals surface area contributed by atoms with E-state index in [-0.39, 0.29) is 11.5 Å². The van der Waals surface area contributed by atoms with Crippen LogP contribution < -0.4 is 5.14 Å². The summed E-state index contributed by atoms with van der Waals surface area (Å²) in [5.41, 5.74) is 6.66. The van der Waals surface area contributed by atoms with E-state index in [9.17, 15) is 14.1 Å². The Morgan fingerprint density at radius 3 is 2.44 bits per heavy atom. The van der Waals surface area contributed by atoms with Crippen LogP contribution in [-0.2, 0) is 28.0 Å². The summed E-state index contributed by atoms with van der Waals surface area (Å²) in [6.07, 6.45) is 3.52. The van der Waals surface area contributed by atoms with Gasteiger partial charge in [-0.2, -0.15) is 5.10 Å². The van der Waals surface area contributed by atoms with E-state index in [1.165, 1.54) is 22.8 Å². The van der Waals surface area contributed by atoms with Crippen molar-refractivity contribution in [2.24, 2.45) is 11.1 Å². The Morgan fingerprint density at radius 2 is 1.80 bits per heavy atom. The number of thiol groups is 1. The van der Waals surface area contributed by atoms with Gasteiger partial charge in [0.05, 0.1) is 11.4 Å². The standard InChI is InChI=1S/C31H27FN4O3S2/c1-18-2-8-21(9-3-18)24-16-22(10-13-26(24)32)29-25(14-19-6-11-23(12-7-19)41(33)39)28(15-20-4-5-20)36(35-29)31-34-27(17-40-31)30(37)38/h2-3,6-13,16-17,20H,4-5,14-15H2,1H3,(H2,33,39)(H,37,38)/p+1. The van der Waals surface area contributed by atoms with Gasteiger partial charge >= 0.3 is 5.97 Å². The fourth-order valence-electron chi connectivity index (χ4n) is 4.92. The van der Waals surface area contributed by atoms with E-state index in [0.717, 1.165) is 52.8 Å². The second kappa shape index (κ2) is 11.1. The van der Waals surface area contributed by atoms with Crippen molar-refractivity contribution in [1.29, 1.82) is 0 Å². The topological polar surface area (TPSA) is 111 Å². The molecule has 41 heavy (non-hydrogen) atoms. The Balaban J connectivity index is 1.52. The van der Waals surface area contributed by atoms with Crippen LogP contribution in [0, 0.1) is 18.7 Å². The molecule has 0 aliphatic heterocycles. The van der Waals surface area contributed by atoms with Gasteiger partial charge < -0.3 is 5.11 Å². The molecule has 2 aromatic heterocycles. The van der Waals surface area contributed by atoms with E-state index in [2.05, 4.69) is 4.98 Å². The first kappa shape index (κ1) is 27.2. The highest BCUT2D eigenvalue weighted by molar-refractivity contribution is 7.82. The van der Waals surface area contributed by atoms with Crippen LogP contribution in [0.4, 0.5) is 4.39 Å². The molecule has 10 heteroatoms. The summed E-state index contributed by atoms with van der Waals surface area (Å²) in [7, 11) is -1.94. The van der Waals surface area contributed by atoms with Crippen molar-refractivity contribution in [3.63, 3.8) is 0 Å². The zero-order chi connectivity index (χ0) is 28.7. The number of nitrogens with two attached hydrogens (primary N) is 1. The number of benzene rings is 3. The molecule has 1 aliphatic carbocycles. The number of carbonyl (C=O) groups is 1. The van der Waals surface area contributed by atoms with Gasteiger partial charge in [-0.05, 0) is 73.6 Å². The molecule has 1 fully saturated rings. The molecule has 3 N–H and O–H groups in total. The summed E-state index contributed by atoms with van der Waals surface area (Å²) in [6.45, 7) is 1.99. The molecular formula is C31H28FN4O3S2+. The molecule has 0 saturated heterocycles. The molecule has 7 nitrogen and oxygen atoms in total. The molecule has 0 bridgehead atoms. The maximum Gasteiger partial charge on any atom is 0.355 e. The fourth-order valence-corrected chi connectivity index (χ4v) is 6.13. The Labute approximate surface area is 243 Å². The van der Waals surface area contributed by atoms with Gasteiger partial charge in [0.25, 0.3) is 0 Å². The maximum absolute atomic E-state index is 15.1. The molecule has 208 valence electrons. The van der Waals surface area contributed by atoms with Crippen molar-refractivity contribution in [2.45, 2.75) is 37.5 Å². The largest absolute Gasteiger partial charge is 0.476 e. The predicted molar refractivity (Wildman–Crippen MR) is 159 cm³/mol. The highest BCUT2D eigenvalue weighted by atomic mass is 32.2. The molecule has 3 aromatic carbocycles. The first-order chi connectivity index (χ1) is 19.8. The SMILES string of the molecule is Cc1ccc(-c2cc(-c3nn(-c4nc(C(=O)O)cs4)c(CC4CC4)c3Cc3ccc([SH+](N)=O)cc3)ccc2F)cc1. The molecule has 1 saturated carbocycles. The average molecular weight is 588 g/mol. The third-order valence-electron chi connectivity index (χ3n) is 7.34. The normalized spacial score (nSPS) is 13.8. The molecule has 2 heterocycles. The van der Waals surface area contributed by atoms with Gasteiger partial charge in [0, 0.05) is 28.5 Å². The number of carboxylic acid groups (broad SMARTS) is 1. The molecule has 1 unspecified atom stereocenters. The number of nitrogens with zero attached hydrogens (tertiary/aromatic N) is 3. The van der Waals surface area contributed by atoms with Crippen molar-refractivity contribution in [3.05, 3.63) is 106 Å². The van der Waals surface area contributed by atoms with Crippen molar-refractivity contribution >= 4 is 28.3 Å². The zero-order valence-corrected chi connectivity index (χ0v) is 24.0. The van der Waals surface area contributed by atoms with Gasteiger partial charge in [0.1, 0.15) is 5.82 Å². The number of aromatic carboxylic acids is 1. The van der Waals surface area contributed by atoms with E-state index >= 15 is 4.39 Å². The lowest BCUT2D eigenvalue weighted by Crippen LogP contribution is -2.06. The average Bonchev–Trinajstić information content (AvgIpc) is 3.52. The van der Waals surface area contributed by atoms with Crippen LogP contribution >= 0.6 is 11.3 Å². The van der Waals surface area contributed by atoms with Crippen molar-refractivity contribution < 1.29 is 18.5 Å². The van der Waals surface area contributed by atoms with E-state index in [4.69, 9.17) is 10.2 Å². The van der Waals surface area contributed by atoms with Crippen LogP contribution in [0.25, 0.3) is 27.5 Å². The molecule has 0 radical (unpaired) electrons. The van der Waals surface area contributed by atoms with Crippen LogP contribution in [0.15, 0.2) is 77.0 Å². The van der Waals surface area contributed by atoms with Gasteiger partial charge in [-0.15, -0.1) is 16.5 Å². The lowest BCUT2D eigenvalue weighted by molar-refractivity contribution is 0.0691. The number of thiazole rings is 1. The van der Waals surface area contributed by atoms with Gasteiger partial charge in [-0.1, -0.05) is 46.2 Å². The molecule has 1 aliphatic rings. The summed E-state index contributed by atoms with van der Waals surface area (Å²) in [5, 5.41) is 22.1. The quantitative estimate of drug-likeness (QED) is 0.156. The molecule has 6 rings (SSSR count). The smallest absolute Gasteiger partial charge is 0.355 e. The maximum atomic E-state index is 15.1. The Morgan fingerprint density at radius 1 is 1.10 bits per heavy atom. The summed E-state index contributed by atoms with van der Waals surface area (Å²) < 4.78 is 28.6. The number of aromatic nitrogens is 3. The van der Waals surface area contributed by atoms with Crippen molar-refractivity contribution in [1.82, 2.24) is 14.8 Å². The van der Waals surface area contributed by atoms with Crippen LogP contribution in [-0.4, -0.2) is 25.8 Å². The first-order valence-corrected chi connectivity index (χ1v) is 15.5. The summed E-state index contributed by atoms with van der Waals surface area (Å²) in [5.74, 6) is -0.909. The molecule has 0 amide bonds. The zero-order valence-electron chi connectivity index (χ0n) is 22.3. The summed E-state index contributed by atoms with van der Waals surface area (Å²) in [6, 6.07) is 20.1. The van der Waals surface area contributed by atoms with Crippen molar-refractivity contribution in [3.8, 4) is 27.5 Å². The first-order valence-electron chi connectivity index (χ1n) is 13.2. The second-order valence-corrected chi connectivity index (χ2v) is 12.4. The monoisotopic (exact) mass is 587 g/mol. The predicted octanol–water partition coefficient (Wildman–Crippen LogP) is 6.28. The third-order valence-corrected chi connectivity index (χ3v) is 8.96. The van der Waals surface area contributed by atoms with Crippen LogP contribution in [0.5, 0.6) is 0 Å². The number of halogens is 1. The Kier molecular flexibility index (Phi) is 7.37. The van der Waals surface area contributed by atoms with Gasteiger partial charge in [-0.25, -0.2) is 18.9 Å². The van der Waals surface area contributed by atoms with Crippen molar-refractivity contribution in [2.75, 3.05) is 0 Å². The molecule has 5 aromatic rings. The number of hydrogen-bond acceptors (Lipinski definition) is 5. The van der Waals surface area contributed by atoms with E-state index in [0.29, 0.717) is 33.6 Å². The minimum atomic E-state index is -1.94. The van der Waals surface area contributed by atoms with E-state index < -0.39 is 17.0 Å².